The first-order valence-electron chi connectivity index (χ1n) is 15.0. The van der Waals surface area contributed by atoms with Crippen molar-refractivity contribution in [1.29, 1.82) is 0 Å². The van der Waals surface area contributed by atoms with Crippen LogP contribution in [0.15, 0.2) is 118 Å². The van der Waals surface area contributed by atoms with Crippen molar-refractivity contribution in [2.45, 2.75) is 26.9 Å². The Hall–Kier alpha value is -4.00. The molecule has 287 valence electrons. The maximum atomic E-state index is 12.0. The van der Waals surface area contributed by atoms with Gasteiger partial charge in [-0.15, -0.1) is 0 Å². The number of hydrogen-bond acceptors (Lipinski definition) is 10. The number of hydrazine groups is 2. The van der Waals surface area contributed by atoms with E-state index in [9.17, 15) is 28.8 Å². The Labute approximate surface area is 354 Å². The second kappa shape index (κ2) is 25.9. The minimum atomic E-state index is -0.373. The SMILES string of the molecule is CCOC(=O)C[n+]1ccc(C(=O)NN/C=C2/C=C(Br)C=CC2=O)cc1.CCOC(=O)C[n+]1ccc(C(=O)NN/C=C2\C=C(Br)C=CC2=O)cc1.[Br-].[Br-].[Cu]. The van der Waals surface area contributed by atoms with Gasteiger partial charge in [0.05, 0.1) is 24.3 Å². The number of pyridine rings is 2. The van der Waals surface area contributed by atoms with E-state index in [1.807, 2.05) is 0 Å². The quantitative estimate of drug-likeness (QED) is 0.0542. The molecule has 0 fully saturated rings. The van der Waals surface area contributed by atoms with Crippen molar-refractivity contribution in [3.8, 4) is 0 Å². The van der Waals surface area contributed by atoms with Crippen molar-refractivity contribution in [2.75, 3.05) is 13.2 Å². The second-order valence-corrected chi connectivity index (χ2v) is 11.8. The molecule has 2 heterocycles. The predicted molar refractivity (Wildman–Crippen MR) is 186 cm³/mol. The number of aromatic nitrogens is 2. The molecule has 0 bridgehead atoms. The van der Waals surface area contributed by atoms with E-state index in [1.54, 1.807) is 96.3 Å². The van der Waals surface area contributed by atoms with Crippen LogP contribution in [0.2, 0.25) is 0 Å². The number of carbonyl (C=O) groups excluding carboxylic acids is 6. The summed E-state index contributed by atoms with van der Waals surface area (Å²) in [5.74, 6) is -1.76. The first-order valence-corrected chi connectivity index (χ1v) is 16.6. The molecule has 0 aromatic carbocycles. The van der Waals surface area contributed by atoms with Crippen molar-refractivity contribution in [3.63, 3.8) is 0 Å². The summed E-state index contributed by atoms with van der Waals surface area (Å²) in [7, 11) is 0. The van der Waals surface area contributed by atoms with Gasteiger partial charge in [-0.25, -0.2) is 9.59 Å². The van der Waals surface area contributed by atoms with Crippen LogP contribution in [-0.4, -0.2) is 48.5 Å². The third kappa shape index (κ3) is 17.6. The molecule has 2 aliphatic carbocycles. The number of nitrogens with zero attached hydrogens (tertiary/aromatic N) is 2. The number of halogens is 4. The fourth-order valence-corrected chi connectivity index (χ4v) is 4.66. The summed E-state index contributed by atoms with van der Waals surface area (Å²) in [4.78, 5) is 70.2. The Morgan fingerprint density at radius 2 is 0.981 bits per heavy atom. The van der Waals surface area contributed by atoms with Crippen LogP contribution >= 0.6 is 31.9 Å². The number of rotatable bonds is 12. The van der Waals surface area contributed by atoms with Crippen LogP contribution in [0, 0.1) is 0 Å². The summed E-state index contributed by atoms with van der Waals surface area (Å²) in [5.41, 5.74) is 11.8. The minimum Gasteiger partial charge on any atom is -1.00 e. The van der Waals surface area contributed by atoms with E-state index in [4.69, 9.17) is 9.47 Å². The number of ether oxygens (including phenoxy) is 2. The number of ketones is 2. The van der Waals surface area contributed by atoms with Gasteiger partial charge < -0.3 is 54.3 Å². The zero-order valence-corrected chi connectivity index (χ0v) is 35.3. The van der Waals surface area contributed by atoms with E-state index in [-0.39, 0.29) is 99.4 Å². The standard InChI is InChI=1S/2C17H16BrN3O4.2BrH.Cu/c2*1-2-25-16(23)11-21-7-5-12(6-8-21)17(24)20-19-10-13-9-14(18)3-4-15(13)22;;;/h2*3-10,24H,2,11H2,1H3;2*1H;/b13-10+;13-10-;;;. The molecule has 19 heteroatoms. The average Bonchev–Trinajstić information content (AvgIpc) is 3.09. The fourth-order valence-electron chi connectivity index (χ4n) is 3.91. The summed E-state index contributed by atoms with van der Waals surface area (Å²) < 4.78 is 14.5. The summed E-state index contributed by atoms with van der Waals surface area (Å²) in [6.45, 7) is 4.29. The normalized spacial score (nSPS) is 14.0. The molecule has 0 saturated carbocycles. The molecule has 0 atom stereocenters. The molecule has 14 nitrogen and oxygen atoms in total. The van der Waals surface area contributed by atoms with Gasteiger partial charge in [0.2, 0.25) is 13.1 Å². The number of esters is 2. The zero-order chi connectivity index (χ0) is 36.5. The molecule has 2 aromatic rings. The van der Waals surface area contributed by atoms with E-state index in [2.05, 4.69) is 53.6 Å². The molecule has 0 unspecified atom stereocenters. The first-order chi connectivity index (χ1) is 24.0. The Bertz CT molecular complexity index is 1680. The maximum absolute atomic E-state index is 12.0. The summed E-state index contributed by atoms with van der Waals surface area (Å²) >= 11 is 6.56. The Morgan fingerprint density at radius 1 is 0.642 bits per heavy atom. The van der Waals surface area contributed by atoms with Crippen molar-refractivity contribution >= 4 is 67.2 Å². The van der Waals surface area contributed by atoms with Gasteiger partial charge in [0, 0.05) is 73.8 Å². The number of carbonyl (C=O) groups is 6. The number of nitrogens with one attached hydrogen (secondary N) is 4. The summed E-state index contributed by atoms with van der Waals surface area (Å²) in [5, 5.41) is 0. The topological polar surface area (TPSA) is 177 Å². The van der Waals surface area contributed by atoms with E-state index < -0.39 is 0 Å². The molecule has 2 aliphatic rings. The van der Waals surface area contributed by atoms with Crippen LogP contribution in [0.4, 0.5) is 0 Å². The predicted octanol–water partition coefficient (Wildman–Crippen LogP) is -3.85. The minimum absolute atomic E-state index is 0. The Morgan fingerprint density at radius 3 is 1.30 bits per heavy atom. The molecule has 53 heavy (non-hydrogen) atoms. The summed E-state index contributed by atoms with van der Waals surface area (Å²) in [6, 6.07) is 6.31. The van der Waals surface area contributed by atoms with E-state index >= 15 is 0 Å². The van der Waals surface area contributed by atoms with Crippen molar-refractivity contribution < 1.29 is 98.4 Å². The number of hydrogen-bond donors (Lipinski definition) is 4. The Balaban J connectivity index is 0.000000966. The van der Waals surface area contributed by atoms with Crippen LogP contribution in [0.25, 0.3) is 0 Å². The number of amides is 2. The Kier molecular flexibility index (Phi) is 23.9. The number of allylic oxidation sites excluding steroid dienone is 10. The van der Waals surface area contributed by atoms with E-state index in [0.29, 0.717) is 35.5 Å². The van der Waals surface area contributed by atoms with Crippen LogP contribution in [0.5, 0.6) is 0 Å². The molecule has 4 rings (SSSR count). The van der Waals surface area contributed by atoms with Crippen LogP contribution in [0.3, 0.4) is 0 Å². The maximum Gasteiger partial charge on any atom is 0.372 e. The third-order valence-corrected chi connectivity index (χ3v) is 7.30. The van der Waals surface area contributed by atoms with Gasteiger partial charge >= 0.3 is 11.9 Å². The van der Waals surface area contributed by atoms with Crippen LogP contribution in [0.1, 0.15) is 34.6 Å². The first kappa shape index (κ1) is 49.0. The van der Waals surface area contributed by atoms with Gasteiger partial charge in [-0.3, -0.25) is 30.0 Å². The zero-order valence-electron chi connectivity index (χ0n) is 28.0. The van der Waals surface area contributed by atoms with Gasteiger partial charge in [0.25, 0.3) is 11.8 Å². The molecule has 2 amide bonds. The summed E-state index contributed by atoms with van der Waals surface area (Å²) in [6.07, 6.45) is 18.7. The largest absolute Gasteiger partial charge is 1.00 e. The molecular formula is C34H34Br4CuN6O8. The average molecular weight is 1040 g/mol. The van der Waals surface area contributed by atoms with E-state index in [1.165, 1.54) is 24.6 Å². The van der Waals surface area contributed by atoms with E-state index in [0.717, 1.165) is 8.96 Å². The monoisotopic (exact) mass is 1030 g/mol. The van der Waals surface area contributed by atoms with Gasteiger partial charge in [0.15, 0.2) is 36.4 Å². The molecule has 0 saturated heterocycles. The van der Waals surface area contributed by atoms with Crippen molar-refractivity contribution in [2.24, 2.45) is 0 Å². The molecule has 4 N–H and O–H groups in total. The molecule has 0 spiro atoms. The van der Waals surface area contributed by atoms with Gasteiger partial charge in [0.1, 0.15) is 0 Å². The smallest absolute Gasteiger partial charge is 0.372 e. The van der Waals surface area contributed by atoms with Gasteiger partial charge in [-0.05, 0) is 50.3 Å². The van der Waals surface area contributed by atoms with Gasteiger partial charge in [-0.2, -0.15) is 9.13 Å². The molecule has 0 aliphatic heterocycles. The van der Waals surface area contributed by atoms with Crippen LogP contribution < -0.4 is 64.8 Å². The molecular weight excluding hydrogens is 1000 g/mol. The molecule has 1 radical (unpaired) electrons. The molecule has 2 aromatic heterocycles. The third-order valence-electron chi connectivity index (χ3n) is 6.31. The van der Waals surface area contributed by atoms with Crippen LogP contribution in [-0.2, 0) is 58.8 Å². The second-order valence-electron chi connectivity index (χ2n) is 9.98. The van der Waals surface area contributed by atoms with Crippen molar-refractivity contribution in [3.05, 3.63) is 129 Å². The fraction of sp³-hybridized carbons (Fsp3) is 0.176. The van der Waals surface area contributed by atoms with Crippen molar-refractivity contribution in [1.82, 2.24) is 21.7 Å². The van der Waals surface area contributed by atoms with Gasteiger partial charge in [-0.1, -0.05) is 31.9 Å².